The van der Waals surface area contributed by atoms with Gasteiger partial charge in [-0.3, -0.25) is 14.5 Å². The lowest BCUT2D eigenvalue weighted by Crippen LogP contribution is -2.22. The van der Waals surface area contributed by atoms with Crippen LogP contribution in [0.25, 0.3) is 11.3 Å². The monoisotopic (exact) mass is 452 g/mol. The first-order valence-electron chi connectivity index (χ1n) is 9.74. The molecule has 3 aromatic heterocycles. The quantitative estimate of drug-likeness (QED) is 0.463. The fourth-order valence-electron chi connectivity index (χ4n) is 3.65. The Morgan fingerprint density at radius 3 is 2.81 bits per heavy atom. The van der Waals surface area contributed by atoms with E-state index >= 15 is 0 Å². The fraction of sp³-hybridized carbons (Fsp3) is 0.250. The van der Waals surface area contributed by atoms with Crippen LogP contribution in [0.15, 0.2) is 46.5 Å². The van der Waals surface area contributed by atoms with E-state index in [9.17, 15) is 10.1 Å². The molecule has 11 heteroatoms. The SMILES string of the molecule is N#Cc1c[nH]n2c(=O)cc(CSc3nnc(N4CCCC4)n3-c3ccccc3Cl)nc12. The van der Waals surface area contributed by atoms with Crippen LogP contribution >= 0.6 is 23.4 Å². The Morgan fingerprint density at radius 2 is 2.03 bits per heavy atom. The predicted molar refractivity (Wildman–Crippen MR) is 118 cm³/mol. The summed E-state index contributed by atoms with van der Waals surface area (Å²) in [5.41, 5.74) is 1.73. The molecule has 1 aromatic carbocycles. The number of para-hydroxylation sites is 1. The topological polar surface area (TPSA) is 108 Å². The first-order valence-corrected chi connectivity index (χ1v) is 11.1. The van der Waals surface area contributed by atoms with E-state index in [4.69, 9.17) is 11.6 Å². The lowest BCUT2D eigenvalue weighted by atomic mass is 10.3. The molecule has 0 unspecified atom stereocenters. The van der Waals surface area contributed by atoms with Crippen molar-refractivity contribution in [1.29, 1.82) is 5.26 Å². The smallest absolute Gasteiger partial charge is 0.272 e. The molecule has 0 saturated carbocycles. The zero-order valence-corrected chi connectivity index (χ0v) is 17.9. The Morgan fingerprint density at radius 1 is 1.23 bits per heavy atom. The molecule has 0 atom stereocenters. The molecule has 156 valence electrons. The van der Waals surface area contributed by atoms with Gasteiger partial charge in [0.15, 0.2) is 10.8 Å². The van der Waals surface area contributed by atoms with Crippen LogP contribution in [0.3, 0.4) is 0 Å². The third kappa shape index (κ3) is 3.56. The second-order valence-electron chi connectivity index (χ2n) is 7.10. The molecule has 31 heavy (non-hydrogen) atoms. The summed E-state index contributed by atoms with van der Waals surface area (Å²) in [6.45, 7) is 1.85. The largest absolute Gasteiger partial charge is 0.341 e. The molecule has 1 aliphatic heterocycles. The van der Waals surface area contributed by atoms with Crippen molar-refractivity contribution in [2.24, 2.45) is 0 Å². The number of halogens is 1. The number of hydrogen-bond acceptors (Lipinski definition) is 7. The third-order valence-electron chi connectivity index (χ3n) is 5.12. The third-order valence-corrected chi connectivity index (χ3v) is 6.40. The van der Waals surface area contributed by atoms with E-state index < -0.39 is 0 Å². The summed E-state index contributed by atoms with van der Waals surface area (Å²) in [6.07, 6.45) is 3.70. The molecule has 0 aliphatic carbocycles. The minimum atomic E-state index is -0.271. The van der Waals surface area contributed by atoms with Crippen LogP contribution in [0.5, 0.6) is 0 Å². The molecule has 1 N–H and O–H groups in total. The van der Waals surface area contributed by atoms with Crippen LogP contribution in [-0.4, -0.2) is 42.5 Å². The van der Waals surface area contributed by atoms with Crippen molar-refractivity contribution < 1.29 is 0 Å². The van der Waals surface area contributed by atoms with Crippen LogP contribution in [0.4, 0.5) is 5.95 Å². The van der Waals surface area contributed by atoms with E-state index in [-0.39, 0.29) is 5.56 Å². The highest BCUT2D eigenvalue weighted by Gasteiger charge is 2.23. The van der Waals surface area contributed by atoms with Crippen molar-refractivity contribution in [2.45, 2.75) is 23.8 Å². The lowest BCUT2D eigenvalue weighted by Gasteiger charge is -2.19. The van der Waals surface area contributed by atoms with Gasteiger partial charge in [-0.05, 0) is 25.0 Å². The Kier molecular flexibility index (Phi) is 5.13. The van der Waals surface area contributed by atoms with Gasteiger partial charge in [0.2, 0.25) is 5.95 Å². The molecule has 4 heterocycles. The van der Waals surface area contributed by atoms with Crippen molar-refractivity contribution in [1.82, 2.24) is 29.4 Å². The van der Waals surface area contributed by atoms with Gasteiger partial charge in [-0.2, -0.15) is 5.26 Å². The van der Waals surface area contributed by atoms with Crippen LogP contribution in [-0.2, 0) is 5.75 Å². The average molecular weight is 453 g/mol. The van der Waals surface area contributed by atoms with Gasteiger partial charge in [-0.25, -0.2) is 9.50 Å². The molecule has 0 bridgehead atoms. The standard InChI is InChI=1S/C20H17ClN8OS/c21-15-5-1-2-6-16(15)28-19(27-7-3-4-8-27)25-26-20(28)31-12-14-9-17(30)29-18(24-14)13(10-22)11-23-29/h1-2,5-6,9,11,23H,3-4,7-8,12H2. The maximum Gasteiger partial charge on any atom is 0.272 e. The number of nitrogens with one attached hydrogen (secondary N) is 1. The zero-order chi connectivity index (χ0) is 21.4. The molecule has 0 radical (unpaired) electrons. The van der Waals surface area contributed by atoms with Gasteiger partial charge in [0.25, 0.3) is 5.56 Å². The maximum absolute atomic E-state index is 12.4. The number of H-pyrrole nitrogens is 1. The predicted octanol–water partition coefficient (Wildman–Crippen LogP) is 3.02. The molecule has 9 nitrogen and oxygen atoms in total. The zero-order valence-electron chi connectivity index (χ0n) is 16.3. The molecule has 4 aromatic rings. The van der Waals surface area contributed by atoms with Crippen LogP contribution < -0.4 is 10.5 Å². The Labute approximate surface area is 186 Å². The summed E-state index contributed by atoms with van der Waals surface area (Å²) < 4.78 is 3.21. The molecular weight excluding hydrogens is 436 g/mol. The number of thioether (sulfide) groups is 1. The van der Waals surface area contributed by atoms with Gasteiger partial charge in [0.1, 0.15) is 11.6 Å². The highest BCUT2D eigenvalue weighted by atomic mass is 35.5. The van der Waals surface area contributed by atoms with E-state index in [1.807, 2.05) is 34.9 Å². The van der Waals surface area contributed by atoms with Gasteiger partial charge in [-0.1, -0.05) is 35.5 Å². The molecule has 5 rings (SSSR count). The van der Waals surface area contributed by atoms with Gasteiger partial charge < -0.3 is 4.90 Å². The number of anilines is 1. The second-order valence-corrected chi connectivity index (χ2v) is 8.45. The van der Waals surface area contributed by atoms with Gasteiger partial charge in [-0.15, -0.1) is 10.2 Å². The first-order chi connectivity index (χ1) is 15.2. The number of hydrogen-bond donors (Lipinski definition) is 1. The van der Waals surface area contributed by atoms with Crippen molar-refractivity contribution >= 4 is 35.0 Å². The minimum absolute atomic E-state index is 0.271. The van der Waals surface area contributed by atoms with Crippen LogP contribution in [0.2, 0.25) is 5.02 Å². The lowest BCUT2D eigenvalue weighted by molar-refractivity contribution is 0.840. The molecule has 1 fully saturated rings. The van der Waals surface area contributed by atoms with E-state index in [1.54, 1.807) is 0 Å². The van der Waals surface area contributed by atoms with Gasteiger partial charge in [0.05, 0.1) is 16.4 Å². The Bertz CT molecular complexity index is 1360. The molecular formula is C20H17ClN8OS. The van der Waals surface area contributed by atoms with Crippen molar-refractivity contribution in [3.05, 3.63) is 63.2 Å². The normalized spacial score (nSPS) is 13.7. The van der Waals surface area contributed by atoms with E-state index in [0.29, 0.717) is 32.8 Å². The van der Waals surface area contributed by atoms with E-state index in [0.717, 1.165) is 37.6 Å². The van der Waals surface area contributed by atoms with E-state index in [1.165, 1.54) is 28.5 Å². The number of aromatic nitrogens is 6. The van der Waals surface area contributed by atoms with Crippen LogP contribution in [0, 0.1) is 11.3 Å². The highest BCUT2D eigenvalue weighted by Crippen LogP contribution is 2.32. The first kappa shape index (κ1) is 19.7. The number of nitrogens with zero attached hydrogens (tertiary/aromatic N) is 7. The van der Waals surface area contributed by atoms with Crippen molar-refractivity contribution in [3.63, 3.8) is 0 Å². The summed E-state index contributed by atoms with van der Waals surface area (Å²) in [7, 11) is 0. The second kappa shape index (κ2) is 8.09. The number of nitriles is 1. The maximum atomic E-state index is 12.4. The highest BCUT2D eigenvalue weighted by molar-refractivity contribution is 7.98. The van der Waals surface area contributed by atoms with Crippen molar-refractivity contribution in [3.8, 4) is 11.8 Å². The number of aromatic amines is 1. The number of fused-ring (bicyclic) bond motifs is 1. The van der Waals surface area contributed by atoms with Gasteiger partial charge in [0, 0.05) is 31.1 Å². The summed E-state index contributed by atoms with van der Waals surface area (Å²) in [5, 5.41) is 22.1. The molecule has 0 spiro atoms. The molecule has 1 aliphatic rings. The van der Waals surface area contributed by atoms with Gasteiger partial charge >= 0.3 is 0 Å². The molecule has 1 saturated heterocycles. The summed E-state index contributed by atoms with van der Waals surface area (Å²) in [4.78, 5) is 19.1. The number of benzene rings is 1. The summed E-state index contributed by atoms with van der Waals surface area (Å²) >= 11 is 7.91. The Balaban J connectivity index is 1.51. The Hall–Kier alpha value is -3.29. The summed E-state index contributed by atoms with van der Waals surface area (Å²) in [6, 6.07) is 11.1. The average Bonchev–Trinajstić information content (AvgIpc) is 3.51. The van der Waals surface area contributed by atoms with Crippen LogP contribution in [0.1, 0.15) is 24.1 Å². The van der Waals surface area contributed by atoms with Crippen molar-refractivity contribution in [2.75, 3.05) is 18.0 Å². The fourth-order valence-corrected chi connectivity index (χ4v) is 4.70. The van der Waals surface area contributed by atoms with E-state index in [2.05, 4.69) is 25.2 Å². The minimum Gasteiger partial charge on any atom is -0.341 e. The molecule has 0 amide bonds. The summed E-state index contributed by atoms with van der Waals surface area (Å²) in [5.74, 6) is 1.15. The number of rotatable bonds is 5.